The summed E-state index contributed by atoms with van der Waals surface area (Å²) in [6.45, 7) is 26.5. The Kier molecular flexibility index (Phi) is 10.2. The number of anilines is 6. The van der Waals surface area contributed by atoms with Crippen molar-refractivity contribution in [3.05, 3.63) is 149 Å². The zero-order valence-corrected chi connectivity index (χ0v) is 42.4. The molecule has 7 aromatic rings. The first-order valence-corrected chi connectivity index (χ1v) is 26.1. The zero-order valence-electron chi connectivity index (χ0n) is 41.6. The van der Waals surface area contributed by atoms with Gasteiger partial charge in [0.1, 0.15) is 0 Å². The molecule has 2 aliphatic heterocycles. The average Bonchev–Trinajstić information content (AvgIpc) is 3.68. The van der Waals surface area contributed by atoms with Crippen LogP contribution in [-0.4, -0.2) is 6.71 Å². The van der Waals surface area contributed by atoms with Crippen LogP contribution in [0.5, 0.6) is 0 Å². The van der Waals surface area contributed by atoms with E-state index in [9.17, 15) is 0 Å². The SMILES string of the molecule is CCc1ccc(N2c3cc(C4CCCCC4)cc4c3B(c3cc5c(cc3N4c3ccc(C(C)(C)C)cc3-c3ccccc3)C(C)(C)CCC5(C)C)c3sc4ccc(C(C)(C)C)cc4c32)cc1. The molecule has 1 fully saturated rings. The van der Waals surface area contributed by atoms with Gasteiger partial charge in [0.05, 0.1) is 11.4 Å². The summed E-state index contributed by atoms with van der Waals surface area (Å²) in [4.78, 5) is 5.48. The fourth-order valence-electron chi connectivity index (χ4n) is 12.2. The molecule has 11 rings (SSSR count). The van der Waals surface area contributed by atoms with Gasteiger partial charge in [-0.25, -0.2) is 0 Å². The van der Waals surface area contributed by atoms with Gasteiger partial charge >= 0.3 is 0 Å². The molecule has 0 atom stereocenters. The monoisotopic (exact) mass is 885 g/mol. The van der Waals surface area contributed by atoms with Crippen LogP contribution in [-0.2, 0) is 28.1 Å². The van der Waals surface area contributed by atoms with Gasteiger partial charge in [-0.2, -0.15) is 0 Å². The Morgan fingerprint density at radius 2 is 1.24 bits per heavy atom. The maximum absolute atomic E-state index is 2.76. The summed E-state index contributed by atoms with van der Waals surface area (Å²) in [7, 11) is 0. The first-order valence-electron chi connectivity index (χ1n) is 25.3. The molecule has 0 spiro atoms. The summed E-state index contributed by atoms with van der Waals surface area (Å²) in [5.74, 6) is 0.527. The largest absolute Gasteiger partial charge is 0.311 e. The minimum atomic E-state index is -0.0000369. The van der Waals surface area contributed by atoms with Crippen molar-refractivity contribution in [3.63, 3.8) is 0 Å². The lowest BCUT2D eigenvalue weighted by Crippen LogP contribution is -2.61. The van der Waals surface area contributed by atoms with Crippen LogP contribution < -0.4 is 25.5 Å². The normalized spacial score (nSPS) is 17.7. The fraction of sp³-hybridized carbons (Fsp3) is 0.387. The van der Waals surface area contributed by atoms with E-state index in [-0.39, 0.29) is 28.4 Å². The fourth-order valence-corrected chi connectivity index (χ4v) is 13.5. The molecular weight excluding hydrogens is 816 g/mol. The standard InChI is InChI=1S/C62H69BN2S/c1-12-39-23-27-45(28-24-39)64-53-33-42(40-19-15-13-16-20-40)34-54-56(53)63(58-57(64)47-36-44(60(5,6)7)26-30-55(47)66-58)50-37-48-49(62(10,11)32-31-61(48,8)9)38-52(50)65(54)51-29-25-43(59(2,3)4)35-46(51)41-21-17-14-18-22-41/h14,17-18,21-30,33-38,40H,12-13,15-16,19-20,31-32H2,1-11H3. The van der Waals surface area contributed by atoms with E-state index in [1.54, 1.807) is 0 Å². The highest BCUT2D eigenvalue weighted by molar-refractivity contribution is 7.33. The number of hydrogen-bond acceptors (Lipinski definition) is 3. The summed E-state index contributed by atoms with van der Waals surface area (Å²) in [5, 5.41) is 1.38. The minimum Gasteiger partial charge on any atom is -0.311 e. The first-order chi connectivity index (χ1) is 31.4. The number of aryl methyl sites for hydroxylation is 1. The van der Waals surface area contributed by atoms with Gasteiger partial charge in [-0.15, -0.1) is 11.3 Å². The molecular formula is C62H69BN2S. The minimum absolute atomic E-state index is 0.0000369. The van der Waals surface area contributed by atoms with Crippen molar-refractivity contribution >= 4 is 78.0 Å². The number of benzene rings is 6. The third-order valence-electron chi connectivity index (χ3n) is 16.4. The van der Waals surface area contributed by atoms with Crippen LogP contribution in [0.1, 0.15) is 160 Å². The molecule has 4 heteroatoms. The van der Waals surface area contributed by atoms with Crippen molar-refractivity contribution in [3.8, 4) is 11.1 Å². The van der Waals surface area contributed by atoms with Gasteiger partial charge in [0.25, 0.3) is 6.71 Å². The van der Waals surface area contributed by atoms with Crippen LogP contribution >= 0.6 is 11.3 Å². The molecule has 1 aromatic heterocycles. The van der Waals surface area contributed by atoms with E-state index in [1.807, 2.05) is 11.3 Å². The van der Waals surface area contributed by atoms with E-state index < -0.39 is 0 Å². The first kappa shape index (κ1) is 43.5. The quantitative estimate of drug-likeness (QED) is 0.159. The van der Waals surface area contributed by atoms with Gasteiger partial charge in [-0.05, 0) is 164 Å². The van der Waals surface area contributed by atoms with Crippen LogP contribution in [0.2, 0.25) is 0 Å². The van der Waals surface area contributed by atoms with E-state index >= 15 is 0 Å². The van der Waals surface area contributed by atoms with Crippen LogP contribution in [0.25, 0.3) is 21.2 Å². The zero-order chi connectivity index (χ0) is 46.1. The van der Waals surface area contributed by atoms with Gasteiger partial charge in [-0.3, -0.25) is 0 Å². The Labute approximate surface area is 400 Å². The second-order valence-corrected chi connectivity index (χ2v) is 24.9. The predicted octanol–water partition coefficient (Wildman–Crippen LogP) is 16.2. The molecule has 4 aliphatic rings. The molecule has 0 bridgehead atoms. The highest BCUT2D eigenvalue weighted by Crippen LogP contribution is 2.54. The van der Waals surface area contributed by atoms with E-state index in [2.05, 4.69) is 201 Å². The second kappa shape index (κ2) is 15.5. The van der Waals surface area contributed by atoms with Crippen molar-refractivity contribution < 1.29 is 0 Å². The Morgan fingerprint density at radius 3 is 1.89 bits per heavy atom. The van der Waals surface area contributed by atoms with E-state index in [0.717, 1.165) is 6.42 Å². The lowest BCUT2D eigenvalue weighted by molar-refractivity contribution is 0.332. The Balaban J connectivity index is 1.31. The van der Waals surface area contributed by atoms with Gasteiger partial charge < -0.3 is 9.80 Å². The number of rotatable bonds is 5. The van der Waals surface area contributed by atoms with Crippen LogP contribution in [0.4, 0.5) is 34.1 Å². The molecule has 0 saturated heterocycles. The number of hydrogen-bond donors (Lipinski definition) is 0. The predicted molar refractivity (Wildman–Crippen MR) is 289 cm³/mol. The summed E-state index contributed by atoms with van der Waals surface area (Å²) in [5.41, 5.74) is 22.2. The number of thiophene rings is 1. The summed E-state index contributed by atoms with van der Waals surface area (Å²) in [6.07, 6.45) is 9.82. The Hall–Kier alpha value is -5.06. The maximum Gasteiger partial charge on any atom is 0.264 e. The smallest absolute Gasteiger partial charge is 0.264 e. The molecule has 0 amide bonds. The summed E-state index contributed by atoms with van der Waals surface area (Å²) >= 11 is 2.04. The van der Waals surface area contributed by atoms with Crippen molar-refractivity contribution in [2.75, 3.05) is 9.80 Å². The molecule has 1 saturated carbocycles. The topological polar surface area (TPSA) is 6.48 Å². The molecule has 2 nitrogen and oxygen atoms in total. The summed E-state index contributed by atoms with van der Waals surface area (Å²) < 4.78 is 2.84. The lowest BCUT2D eigenvalue weighted by Gasteiger charge is -2.47. The van der Waals surface area contributed by atoms with E-state index in [1.165, 1.54) is 149 Å². The average molecular weight is 885 g/mol. The highest BCUT2D eigenvalue weighted by atomic mass is 32.1. The molecule has 6 aromatic carbocycles. The Bertz CT molecular complexity index is 3020. The van der Waals surface area contributed by atoms with E-state index in [0.29, 0.717) is 5.92 Å². The van der Waals surface area contributed by atoms with Crippen molar-refractivity contribution in [2.24, 2.45) is 0 Å². The number of nitrogens with zero attached hydrogens (tertiary/aromatic N) is 2. The molecule has 0 N–H and O–H groups in total. The molecule has 336 valence electrons. The van der Waals surface area contributed by atoms with E-state index in [4.69, 9.17) is 0 Å². The second-order valence-electron chi connectivity index (χ2n) is 23.8. The Morgan fingerprint density at radius 1 is 0.621 bits per heavy atom. The van der Waals surface area contributed by atoms with Crippen molar-refractivity contribution in [1.82, 2.24) is 0 Å². The number of fused-ring (bicyclic) bond motifs is 7. The van der Waals surface area contributed by atoms with Crippen LogP contribution in [0.15, 0.2) is 115 Å². The van der Waals surface area contributed by atoms with Crippen LogP contribution in [0.3, 0.4) is 0 Å². The highest BCUT2D eigenvalue weighted by Gasteiger charge is 2.48. The van der Waals surface area contributed by atoms with Crippen molar-refractivity contribution in [2.45, 2.75) is 155 Å². The maximum atomic E-state index is 2.76. The van der Waals surface area contributed by atoms with Crippen LogP contribution in [0, 0.1) is 0 Å². The molecule has 2 aliphatic carbocycles. The van der Waals surface area contributed by atoms with Gasteiger partial charge in [-0.1, -0.05) is 156 Å². The van der Waals surface area contributed by atoms with Crippen molar-refractivity contribution in [1.29, 1.82) is 0 Å². The molecule has 0 unspecified atom stereocenters. The van der Waals surface area contributed by atoms with Gasteiger partial charge in [0.2, 0.25) is 0 Å². The summed E-state index contributed by atoms with van der Waals surface area (Å²) in [6, 6.07) is 46.3. The molecule has 66 heavy (non-hydrogen) atoms. The van der Waals surface area contributed by atoms with Gasteiger partial charge in [0.15, 0.2) is 0 Å². The molecule has 3 heterocycles. The third kappa shape index (κ3) is 7.02. The molecule has 0 radical (unpaired) electrons. The third-order valence-corrected chi connectivity index (χ3v) is 17.6. The lowest BCUT2D eigenvalue weighted by atomic mass is 9.35. The van der Waals surface area contributed by atoms with Gasteiger partial charge in [0, 0.05) is 43.2 Å².